The third kappa shape index (κ3) is 10.6. The van der Waals surface area contributed by atoms with Gasteiger partial charge in [0, 0.05) is 37.8 Å². The van der Waals surface area contributed by atoms with Gasteiger partial charge in [-0.2, -0.15) is 0 Å². The average Bonchev–Trinajstić information content (AvgIpc) is 3.82. The Morgan fingerprint density at radius 3 is 2.06 bits per heavy atom. The minimum Gasteiger partial charge on any atom is -0.361 e. The van der Waals surface area contributed by atoms with E-state index in [4.69, 9.17) is 4.74 Å². The molecule has 4 rings (SSSR count). The molecule has 4 N–H and O–H groups in total. The van der Waals surface area contributed by atoms with Crippen molar-refractivity contribution >= 4 is 35.4 Å². The summed E-state index contributed by atoms with van der Waals surface area (Å²) in [5.41, 5.74) is -0.0636. The first-order chi connectivity index (χ1) is 22.8. The van der Waals surface area contributed by atoms with Crippen molar-refractivity contribution in [3.8, 4) is 0 Å². The Hall–Kier alpha value is -4.39. The fourth-order valence-electron chi connectivity index (χ4n) is 5.81. The molecule has 0 spiro atoms. The van der Waals surface area contributed by atoms with Crippen molar-refractivity contribution in [2.24, 2.45) is 17.8 Å². The summed E-state index contributed by atoms with van der Waals surface area (Å²) in [5.74, 6) is -1.04. The number of rotatable bonds is 15. The second kappa shape index (κ2) is 16.6. The van der Waals surface area contributed by atoms with Crippen molar-refractivity contribution in [3.63, 3.8) is 0 Å². The summed E-state index contributed by atoms with van der Waals surface area (Å²) in [6, 6.07) is 6.24. The number of ether oxygens (including phenoxy) is 1. The van der Waals surface area contributed by atoms with Gasteiger partial charge < -0.3 is 30.9 Å². The Labute approximate surface area is 282 Å². The van der Waals surface area contributed by atoms with E-state index in [-0.39, 0.29) is 35.9 Å². The first kappa shape index (κ1) is 36.4. The highest BCUT2D eigenvalue weighted by Gasteiger charge is 2.50. The molecule has 0 radical (unpaired) electrons. The molecule has 0 saturated carbocycles. The lowest BCUT2D eigenvalue weighted by Crippen LogP contribution is -2.58. The van der Waals surface area contributed by atoms with Crippen LogP contribution in [0.5, 0.6) is 0 Å². The Morgan fingerprint density at radius 1 is 0.875 bits per heavy atom. The molecule has 2 aliphatic rings. The molecule has 13 nitrogen and oxygen atoms in total. The number of aromatic nitrogens is 2. The second-order valence-electron chi connectivity index (χ2n) is 13.8. The van der Waals surface area contributed by atoms with Crippen LogP contribution in [0.3, 0.4) is 0 Å². The zero-order chi connectivity index (χ0) is 34.8. The predicted octanol–water partition coefficient (Wildman–Crippen LogP) is 2.87. The maximum absolute atomic E-state index is 13.9. The molecule has 2 saturated heterocycles. The Kier molecular flexibility index (Phi) is 12.6. The van der Waals surface area contributed by atoms with Crippen LogP contribution in [-0.4, -0.2) is 87.8 Å². The molecule has 48 heavy (non-hydrogen) atoms. The summed E-state index contributed by atoms with van der Waals surface area (Å²) < 4.78 is 5.37. The maximum Gasteiger partial charge on any atom is 0.318 e. The van der Waals surface area contributed by atoms with Crippen molar-refractivity contribution in [3.05, 3.63) is 54.5 Å². The molecule has 2 fully saturated rings. The zero-order valence-electron chi connectivity index (χ0n) is 28.5. The minimum absolute atomic E-state index is 0.0548. The summed E-state index contributed by atoms with van der Waals surface area (Å²) in [5, 5.41) is 11.4. The average molecular weight is 664 g/mol. The van der Waals surface area contributed by atoms with Gasteiger partial charge in [-0.1, -0.05) is 58.0 Å². The lowest BCUT2D eigenvalue weighted by molar-refractivity contribution is -0.133. The van der Waals surface area contributed by atoms with E-state index in [2.05, 4.69) is 31.2 Å². The quantitative estimate of drug-likeness (QED) is 0.211. The zero-order valence-corrected chi connectivity index (χ0v) is 28.5. The van der Waals surface area contributed by atoms with Crippen LogP contribution in [0.15, 0.2) is 48.9 Å². The van der Waals surface area contributed by atoms with Crippen LogP contribution in [0.1, 0.15) is 65.9 Å². The van der Waals surface area contributed by atoms with Gasteiger partial charge in [-0.05, 0) is 50.0 Å². The first-order valence-corrected chi connectivity index (χ1v) is 16.8. The molecule has 1 aromatic carbocycles. The summed E-state index contributed by atoms with van der Waals surface area (Å²) in [6.07, 6.45) is 6.38. The van der Waals surface area contributed by atoms with E-state index in [0.717, 1.165) is 5.56 Å². The van der Waals surface area contributed by atoms with Gasteiger partial charge in [-0.25, -0.2) is 9.78 Å². The SMILES string of the molecule is CC(C)CC(NC(=O)C(Cc1ccccc1)NC(=O)N1CCC(C(=O)Nc2cnccn2)CC1)C(=O)NC(CC(C)C)C(=O)C1(C)CO1. The number of carbonyl (C=O) groups is 5. The van der Waals surface area contributed by atoms with E-state index >= 15 is 0 Å². The van der Waals surface area contributed by atoms with E-state index in [0.29, 0.717) is 51.2 Å². The molecule has 2 aromatic rings. The van der Waals surface area contributed by atoms with Crippen molar-refractivity contribution in [1.82, 2.24) is 30.8 Å². The molecule has 5 amide bonds. The monoisotopic (exact) mass is 663 g/mol. The number of carbonyl (C=O) groups excluding carboxylic acids is 5. The lowest BCUT2D eigenvalue weighted by atomic mass is 9.92. The van der Waals surface area contributed by atoms with Gasteiger partial charge >= 0.3 is 6.03 Å². The molecular formula is C35H49N7O6. The summed E-state index contributed by atoms with van der Waals surface area (Å²) in [7, 11) is 0. The van der Waals surface area contributed by atoms with Gasteiger partial charge in [0.05, 0.1) is 18.8 Å². The van der Waals surface area contributed by atoms with E-state index in [1.165, 1.54) is 18.6 Å². The molecule has 4 unspecified atom stereocenters. The lowest BCUT2D eigenvalue weighted by Gasteiger charge is -2.33. The number of anilines is 1. The van der Waals surface area contributed by atoms with Crippen LogP contribution in [0, 0.1) is 17.8 Å². The second-order valence-corrected chi connectivity index (χ2v) is 13.8. The van der Waals surface area contributed by atoms with Gasteiger partial charge in [0.25, 0.3) is 0 Å². The van der Waals surface area contributed by atoms with E-state index in [1.54, 1.807) is 11.8 Å². The highest BCUT2D eigenvalue weighted by atomic mass is 16.6. The molecule has 2 aliphatic heterocycles. The molecule has 0 bridgehead atoms. The fourth-order valence-corrected chi connectivity index (χ4v) is 5.81. The molecule has 13 heteroatoms. The number of nitrogens with one attached hydrogen (secondary N) is 4. The number of hydrogen-bond acceptors (Lipinski definition) is 8. The van der Waals surface area contributed by atoms with Crippen LogP contribution in [0.25, 0.3) is 0 Å². The van der Waals surface area contributed by atoms with Crippen molar-refractivity contribution < 1.29 is 28.7 Å². The molecule has 1 aromatic heterocycles. The predicted molar refractivity (Wildman–Crippen MR) is 180 cm³/mol. The number of likely N-dealkylation sites (tertiary alicyclic amines) is 1. The Bertz CT molecular complexity index is 1410. The molecule has 4 atom stereocenters. The molecule has 260 valence electrons. The van der Waals surface area contributed by atoms with E-state index in [1.807, 2.05) is 58.0 Å². The van der Waals surface area contributed by atoms with Crippen LogP contribution in [0.2, 0.25) is 0 Å². The number of hydrogen-bond donors (Lipinski definition) is 4. The highest BCUT2D eigenvalue weighted by Crippen LogP contribution is 2.30. The van der Waals surface area contributed by atoms with Crippen LogP contribution < -0.4 is 21.3 Å². The van der Waals surface area contributed by atoms with E-state index < -0.39 is 41.6 Å². The summed E-state index contributed by atoms with van der Waals surface area (Å²) >= 11 is 0. The first-order valence-electron chi connectivity index (χ1n) is 16.8. The van der Waals surface area contributed by atoms with Gasteiger partial charge in [-0.3, -0.25) is 24.2 Å². The molecule has 3 heterocycles. The van der Waals surface area contributed by atoms with Crippen molar-refractivity contribution in [2.75, 3.05) is 25.0 Å². The number of benzene rings is 1. The maximum atomic E-state index is 13.9. The standard InChI is InChI=1S/C35H49N7O6/c1-22(2)17-26(30(43)35(5)21-48-35)38-32(45)27(18-23(3)4)39-33(46)28(19-24-9-7-6-8-10-24)40-34(47)42-15-11-25(12-16-42)31(44)41-29-20-36-13-14-37-29/h6-10,13-14,20,22-23,25-28H,11-12,15-19,21H2,1-5H3,(H,38,45)(H,39,46)(H,40,47)(H,37,41,44). The smallest absolute Gasteiger partial charge is 0.318 e. The number of Topliss-reactive ketones (excluding diaryl/α,β-unsaturated/α-hetero) is 1. The fraction of sp³-hybridized carbons (Fsp3) is 0.571. The van der Waals surface area contributed by atoms with Crippen molar-refractivity contribution in [2.45, 2.75) is 90.4 Å². The normalized spacial score (nSPS) is 19.6. The van der Waals surface area contributed by atoms with Crippen molar-refractivity contribution in [1.29, 1.82) is 0 Å². The Morgan fingerprint density at radius 2 is 1.48 bits per heavy atom. The third-order valence-electron chi connectivity index (χ3n) is 8.64. The number of ketones is 1. The van der Waals surface area contributed by atoms with Crippen LogP contribution >= 0.6 is 0 Å². The van der Waals surface area contributed by atoms with Gasteiger partial charge in [0.15, 0.2) is 11.6 Å². The minimum atomic E-state index is -0.980. The number of nitrogens with zero attached hydrogens (tertiary/aromatic N) is 3. The van der Waals surface area contributed by atoms with Gasteiger partial charge in [0.1, 0.15) is 17.7 Å². The third-order valence-corrected chi connectivity index (χ3v) is 8.64. The Balaban J connectivity index is 1.42. The number of amides is 5. The van der Waals surface area contributed by atoms with Gasteiger partial charge in [-0.15, -0.1) is 0 Å². The van der Waals surface area contributed by atoms with Gasteiger partial charge in [0.2, 0.25) is 17.7 Å². The largest absolute Gasteiger partial charge is 0.361 e. The van der Waals surface area contributed by atoms with Crippen LogP contribution in [-0.2, 0) is 30.3 Å². The number of urea groups is 1. The van der Waals surface area contributed by atoms with Crippen LogP contribution in [0.4, 0.5) is 10.6 Å². The number of piperidine rings is 1. The van der Waals surface area contributed by atoms with E-state index in [9.17, 15) is 24.0 Å². The topological polar surface area (TPSA) is 175 Å². The highest BCUT2D eigenvalue weighted by molar-refractivity contribution is 5.98. The summed E-state index contributed by atoms with van der Waals surface area (Å²) in [6.45, 7) is 10.5. The molecule has 0 aliphatic carbocycles. The summed E-state index contributed by atoms with van der Waals surface area (Å²) in [4.78, 5) is 76.6. The number of epoxide rings is 1. The molecular weight excluding hydrogens is 614 g/mol.